The van der Waals surface area contributed by atoms with E-state index in [4.69, 9.17) is 32.7 Å². The molecule has 0 aliphatic rings. The smallest absolute Gasteiger partial charge is 0.340 e. The lowest BCUT2D eigenvalue weighted by atomic mass is 10.2. The van der Waals surface area contributed by atoms with Crippen molar-refractivity contribution in [3.63, 3.8) is 0 Å². The third-order valence-electron chi connectivity index (χ3n) is 3.67. The molecule has 0 unspecified atom stereocenters. The Bertz CT molecular complexity index is 976. The molecule has 2 aromatic carbocycles. The minimum atomic E-state index is -4.18. The number of methoxy groups -OCH3 is 2. The fraction of sp³-hybridized carbons (Fsp3) is 0.167. The van der Waals surface area contributed by atoms with Crippen LogP contribution in [0, 0.1) is 0 Å². The largest absolute Gasteiger partial charge is 0.495 e. The first kappa shape index (κ1) is 21.1. The second kappa shape index (κ2) is 8.65. The number of benzene rings is 2. The quantitative estimate of drug-likeness (QED) is 0.487. The highest BCUT2D eigenvalue weighted by molar-refractivity contribution is 7.93. The van der Waals surface area contributed by atoms with Gasteiger partial charge >= 0.3 is 5.97 Å². The topological polar surface area (TPSA) is 72.9 Å². The average molecular weight is 430 g/mol. The molecule has 0 saturated carbocycles. The Hall–Kier alpha value is -2.22. The zero-order valence-corrected chi connectivity index (χ0v) is 16.9. The predicted octanol–water partition coefficient (Wildman–Crippen LogP) is 4.17. The first-order chi connectivity index (χ1) is 12.8. The summed E-state index contributed by atoms with van der Waals surface area (Å²) in [7, 11) is -1.57. The number of anilines is 1. The lowest BCUT2D eigenvalue weighted by Crippen LogP contribution is -2.33. The van der Waals surface area contributed by atoms with Gasteiger partial charge in [0.25, 0.3) is 10.0 Å². The number of hydrogen-bond donors (Lipinski definition) is 0. The van der Waals surface area contributed by atoms with Crippen molar-refractivity contribution in [1.82, 2.24) is 0 Å². The van der Waals surface area contributed by atoms with Gasteiger partial charge in [-0.1, -0.05) is 41.4 Å². The maximum absolute atomic E-state index is 13.3. The molecular formula is C18H17Cl2NO5S. The van der Waals surface area contributed by atoms with Crippen molar-refractivity contribution in [2.45, 2.75) is 4.90 Å². The Morgan fingerprint density at radius 1 is 1.15 bits per heavy atom. The van der Waals surface area contributed by atoms with Crippen LogP contribution in [0.25, 0.3) is 0 Å². The van der Waals surface area contributed by atoms with Gasteiger partial charge in [0.1, 0.15) is 15.7 Å². The normalized spacial score (nSPS) is 11.0. The van der Waals surface area contributed by atoms with E-state index in [-0.39, 0.29) is 38.5 Å². The monoisotopic (exact) mass is 429 g/mol. The Kier molecular flexibility index (Phi) is 6.75. The number of nitrogens with zero attached hydrogens (tertiary/aromatic N) is 1. The van der Waals surface area contributed by atoms with Crippen molar-refractivity contribution in [2.24, 2.45) is 0 Å². The second-order valence-corrected chi connectivity index (χ2v) is 7.81. The van der Waals surface area contributed by atoms with E-state index in [1.54, 1.807) is 12.1 Å². The van der Waals surface area contributed by atoms with Crippen LogP contribution in [0.2, 0.25) is 10.0 Å². The summed E-state index contributed by atoms with van der Waals surface area (Å²) in [4.78, 5) is 11.9. The molecular weight excluding hydrogens is 413 g/mol. The Morgan fingerprint density at radius 3 is 2.41 bits per heavy atom. The Balaban J connectivity index is 2.69. The zero-order chi connectivity index (χ0) is 20.2. The van der Waals surface area contributed by atoms with Crippen molar-refractivity contribution in [3.8, 4) is 5.75 Å². The summed E-state index contributed by atoms with van der Waals surface area (Å²) >= 11 is 12.3. The molecule has 2 rings (SSSR count). The molecule has 9 heteroatoms. The molecule has 2 aromatic rings. The molecule has 27 heavy (non-hydrogen) atoms. The molecule has 0 radical (unpaired) electrons. The van der Waals surface area contributed by atoms with E-state index >= 15 is 0 Å². The van der Waals surface area contributed by atoms with Crippen LogP contribution in [0.15, 0.2) is 53.9 Å². The second-order valence-electron chi connectivity index (χ2n) is 5.23. The van der Waals surface area contributed by atoms with E-state index < -0.39 is 16.0 Å². The molecule has 0 saturated heterocycles. The van der Waals surface area contributed by atoms with Crippen LogP contribution in [0.4, 0.5) is 5.69 Å². The SMILES string of the molecule is C=CCN(c1ccccc1C(=O)OC)S(=O)(=O)c1ccc(OC)c(Cl)c1Cl. The highest BCUT2D eigenvalue weighted by Gasteiger charge is 2.31. The van der Waals surface area contributed by atoms with Crippen LogP contribution in [0.5, 0.6) is 5.75 Å². The van der Waals surface area contributed by atoms with Crippen LogP contribution in [0.3, 0.4) is 0 Å². The Morgan fingerprint density at radius 2 is 1.81 bits per heavy atom. The Labute approximate surface area is 168 Å². The molecule has 0 aliphatic carbocycles. The summed E-state index contributed by atoms with van der Waals surface area (Å²) in [6, 6.07) is 8.86. The van der Waals surface area contributed by atoms with Gasteiger partial charge in [-0.25, -0.2) is 13.2 Å². The molecule has 0 spiro atoms. The van der Waals surface area contributed by atoms with Crippen molar-refractivity contribution >= 4 is 44.9 Å². The van der Waals surface area contributed by atoms with Crippen LogP contribution >= 0.6 is 23.2 Å². The van der Waals surface area contributed by atoms with Gasteiger partial charge in [-0.05, 0) is 24.3 Å². The van der Waals surface area contributed by atoms with Gasteiger partial charge in [-0.3, -0.25) is 4.31 Å². The third kappa shape index (κ3) is 4.05. The van der Waals surface area contributed by atoms with E-state index in [9.17, 15) is 13.2 Å². The zero-order valence-electron chi connectivity index (χ0n) is 14.6. The number of para-hydroxylation sites is 1. The highest BCUT2D eigenvalue weighted by atomic mass is 35.5. The van der Waals surface area contributed by atoms with Gasteiger partial charge < -0.3 is 9.47 Å². The molecule has 0 heterocycles. The summed E-state index contributed by atoms with van der Waals surface area (Å²) in [5.74, 6) is -0.431. The van der Waals surface area contributed by atoms with Crippen LogP contribution in [-0.4, -0.2) is 35.2 Å². The molecule has 6 nitrogen and oxygen atoms in total. The van der Waals surface area contributed by atoms with Crippen molar-refractivity contribution in [2.75, 3.05) is 25.1 Å². The molecule has 0 amide bonds. The molecule has 0 bridgehead atoms. The van der Waals surface area contributed by atoms with Gasteiger partial charge in [0, 0.05) is 0 Å². The number of rotatable bonds is 7. The van der Waals surface area contributed by atoms with Crippen LogP contribution in [-0.2, 0) is 14.8 Å². The highest BCUT2D eigenvalue weighted by Crippen LogP contribution is 2.39. The molecule has 0 aromatic heterocycles. The lowest BCUT2D eigenvalue weighted by molar-refractivity contribution is 0.0601. The molecule has 0 aliphatic heterocycles. The molecule has 0 fully saturated rings. The fourth-order valence-corrected chi connectivity index (χ4v) is 4.68. The average Bonchev–Trinajstić information content (AvgIpc) is 2.67. The first-order valence-electron chi connectivity index (χ1n) is 7.62. The van der Waals surface area contributed by atoms with Crippen molar-refractivity contribution in [3.05, 3.63) is 64.7 Å². The van der Waals surface area contributed by atoms with E-state index in [0.717, 1.165) is 4.31 Å². The molecule has 0 N–H and O–H groups in total. The van der Waals surface area contributed by atoms with Crippen LogP contribution in [0.1, 0.15) is 10.4 Å². The number of carbonyl (C=O) groups excluding carboxylic acids is 1. The van der Waals surface area contributed by atoms with E-state index in [1.165, 1.54) is 44.6 Å². The summed E-state index contributed by atoms with van der Waals surface area (Å²) in [6.45, 7) is 3.49. The first-order valence-corrected chi connectivity index (χ1v) is 9.82. The number of halogens is 2. The van der Waals surface area contributed by atoms with E-state index in [0.29, 0.717) is 0 Å². The maximum Gasteiger partial charge on any atom is 0.340 e. The fourth-order valence-electron chi connectivity index (χ4n) is 2.41. The minimum absolute atomic E-state index is 0.0277. The van der Waals surface area contributed by atoms with E-state index in [1.807, 2.05) is 0 Å². The van der Waals surface area contributed by atoms with Gasteiger partial charge in [-0.2, -0.15) is 0 Å². The number of carbonyl (C=O) groups is 1. The van der Waals surface area contributed by atoms with Gasteiger partial charge in [0.05, 0.1) is 37.0 Å². The number of sulfonamides is 1. The number of hydrogen-bond acceptors (Lipinski definition) is 5. The minimum Gasteiger partial charge on any atom is -0.495 e. The van der Waals surface area contributed by atoms with Gasteiger partial charge in [0.15, 0.2) is 0 Å². The van der Waals surface area contributed by atoms with Crippen molar-refractivity contribution < 1.29 is 22.7 Å². The lowest BCUT2D eigenvalue weighted by Gasteiger charge is -2.25. The number of ether oxygens (including phenoxy) is 2. The predicted molar refractivity (Wildman–Crippen MR) is 106 cm³/mol. The molecule has 0 atom stereocenters. The van der Waals surface area contributed by atoms with E-state index in [2.05, 4.69) is 6.58 Å². The van der Waals surface area contributed by atoms with Gasteiger partial charge in [-0.15, -0.1) is 6.58 Å². The number of esters is 1. The van der Waals surface area contributed by atoms with Gasteiger partial charge in [0.2, 0.25) is 0 Å². The third-order valence-corrected chi connectivity index (χ3v) is 6.47. The summed E-state index contributed by atoms with van der Waals surface area (Å²) in [5.41, 5.74) is 0.216. The summed E-state index contributed by atoms with van der Waals surface area (Å²) < 4.78 is 37.4. The summed E-state index contributed by atoms with van der Waals surface area (Å²) in [6.07, 6.45) is 1.39. The van der Waals surface area contributed by atoms with Crippen LogP contribution < -0.4 is 9.04 Å². The molecule has 144 valence electrons. The van der Waals surface area contributed by atoms with Crippen molar-refractivity contribution in [1.29, 1.82) is 0 Å². The summed E-state index contributed by atoms with van der Waals surface area (Å²) in [5, 5.41) is -0.208. The maximum atomic E-state index is 13.3. The standard InChI is InChI=1S/C18H17Cl2NO5S/c1-4-11-21(13-8-6-5-7-12(13)18(22)26-3)27(23,24)15-10-9-14(25-2)16(19)17(15)20/h4-10H,1,11H2,2-3H3.